The Balaban J connectivity index is 0.000000287. The number of hydrogen-bond acceptors (Lipinski definition) is 22. The summed E-state index contributed by atoms with van der Waals surface area (Å²) in [7, 11) is -3.69. The van der Waals surface area contributed by atoms with Crippen LogP contribution < -0.4 is 82.9 Å². The van der Waals surface area contributed by atoms with E-state index in [2.05, 4.69) is 92.4 Å². The van der Waals surface area contributed by atoms with Crippen LogP contribution in [0.3, 0.4) is 0 Å². The third-order valence-corrected chi connectivity index (χ3v) is 17.7. The van der Waals surface area contributed by atoms with Crippen LogP contribution in [-0.2, 0) is 46.1 Å². The Morgan fingerprint density at radius 3 is 1.44 bits per heavy atom. The molecule has 8 aromatic heterocycles. The van der Waals surface area contributed by atoms with E-state index in [1.807, 2.05) is 135 Å². The van der Waals surface area contributed by atoms with Gasteiger partial charge >= 0.3 is 130 Å². The van der Waals surface area contributed by atoms with E-state index in [1.54, 1.807) is 45.4 Å². The number of halogens is 2. The number of carbonyl (C=O) groups excluding carboxylic acids is 3. The monoisotopic (exact) mass is 1620 g/mol. The van der Waals surface area contributed by atoms with E-state index in [4.69, 9.17) is 44.9 Å². The van der Waals surface area contributed by atoms with Gasteiger partial charge < -0.3 is 75.3 Å². The summed E-state index contributed by atoms with van der Waals surface area (Å²) in [6.45, 7) is 19.8. The average molecular weight is 1620 g/mol. The zero-order valence-corrected chi connectivity index (χ0v) is 73.1. The third kappa shape index (κ3) is 26.7. The molecule has 4 atom stereocenters. The van der Waals surface area contributed by atoms with Crippen LogP contribution in [0, 0.1) is 34.0 Å². The maximum absolute atomic E-state index is 12.2. The summed E-state index contributed by atoms with van der Waals surface area (Å²) in [4.78, 5) is 81.7. The Kier molecular flexibility index (Phi) is 42.1. The second-order valence-corrected chi connectivity index (χ2v) is 25.7. The summed E-state index contributed by atoms with van der Waals surface area (Å²) in [6.07, 6.45) is 16.2. The summed E-state index contributed by atoms with van der Waals surface area (Å²) >= 11 is 9.22. The number of piperidine rings is 3. The molecule has 8 aromatic rings. The molecule has 0 bridgehead atoms. The minimum atomic E-state index is -3.15. The molecule has 528 valence electrons. The number of fused-ring (bicyclic) bond motifs is 3. The first-order valence-corrected chi connectivity index (χ1v) is 52.2. The topological polar surface area (TPSA) is 412 Å². The van der Waals surface area contributed by atoms with Crippen LogP contribution in [0.25, 0.3) is 44.4 Å². The Morgan fingerprint density at radius 2 is 1.03 bits per heavy atom. The number of aromatic nitrogens is 8. The molecule has 1 unspecified atom stereocenters. The summed E-state index contributed by atoms with van der Waals surface area (Å²) < 4.78 is 25.6. The van der Waals surface area contributed by atoms with E-state index >= 15 is 0 Å². The number of anilines is 3. The predicted molar refractivity (Wildman–Crippen MR) is 392 cm³/mol. The molecular weight excluding hydrogens is 1540 g/mol. The fourth-order valence-electron chi connectivity index (χ4n) is 11.2. The molecule has 4 fully saturated rings. The van der Waals surface area contributed by atoms with Gasteiger partial charge in [0.15, 0.2) is 0 Å². The number of carbonyl (C=O) groups is 3. The van der Waals surface area contributed by atoms with Gasteiger partial charge in [0, 0.05) is 127 Å². The van der Waals surface area contributed by atoms with Crippen LogP contribution in [0.4, 0.5) is 17.1 Å². The van der Waals surface area contributed by atoms with Crippen molar-refractivity contribution in [3.63, 3.8) is 0 Å². The molecule has 28 nitrogen and oxygen atoms in total. The van der Waals surface area contributed by atoms with Crippen LogP contribution in [-0.4, -0.2) is 221 Å². The van der Waals surface area contributed by atoms with Crippen molar-refractivity contribution >= 4 is 184 Å². The van der Waals surface area contributed by atoms with E-state index in [0.717, 1.165) is 121 Å². The Morgan fingerprint density at radius 1 is 0.647 bits per heavy atom. The van der Waals surface area contributed by atoms with Crippen LogP contribution in [0.5, 0.6) is 0 Å². The molecule has 4 aliphatic heterocycles. The normalized spacial score (nSPS) is 16.9. The van der Waals surface area contributed by atoms with Gasteiger partial charge in [-0.3, -0.25) is 19.4 Å². The first kappa shape index (κ1) is 90.8. The van der Waals surface area contributed by atoms with Crippen molar-refractivity contribution in [2.75, 3.05) is 55.2 Å². The number of rotatable bonds is 14. The molecule has 0 aromatic carbocycles. The van der Waals surface area contributed by atoms with Crippen LogP contribution >= 0.6 is 40.1 Å². The molecule has 0 saturated carbocycles. The number of H-pyrrole nitrogens is 3. The first-order chi connectivity index (χ1) is 48.7. The standard InChI is InChI=1S/C21H28BN5O3.C21H22N6O2.C15H16BrN5O.C6H6BrNO.2C2H6.3K.HO4P/c1-20(2)21(3,4)30-22(29-20)16-12-25-19-15(8-10-24-19)18(16)26-14-6-5-11-27(13-14)17(28)7-9-23;22-8-6-19(29)27-10-2-4-14(12-27)26-20-16-7-9-23-21(16)24-11-17(20)18-5-1-3-15(13-28)25-18;16-12-8-19-15-11(4-6-18-15)14(12)20-10-2-1-7-21(9-10)13(22)3-5-17;7-6-3-1-2-5(4-9)8-6;2*1-2;;;;1-4-5(2)3/h8,10,12,14H,5-7,11,13H2,1-4H3,(H2,24,25,26);1,3,5,7,9,11,14,28H,2,4,6,10,12-13H2,(H2,23,24,26);4,6,8,10H,1-3,7,9H2,(H2,18,19,20);1-3,9H,4H2;2*1-2H3;;;;1H/q;;;;;;;;+1;/p-1/t2*14-;10-;;;;;;;/m111......./s1. The molecule has 0 aliphatic carbocycles. The van der Waals surface area contributed by atoms with Gasteiger partial charge in [-0.05, 0) is 145 Å². The molecule has 12 rings (SSSR count). The predicted octanol–water partition coefficient (Wildman–Crippen LogP) is 5.18. The first-order valence-electron chi connectivity index (χ1n) is 33.6. The zero-order chi connectivity index (χ0) is 74.2. The van der Waals surface area contributed by atoms with Gasteiger partial charge in [0.2, 0.25) is 17.7 Å². The van der Waals surface area contributed by atoms with Crippen molar-refractivity contribution in [1.29, 1.82) is 15.8 Å². The van der Waals surface area contributed by atoms with Crippen molar-refractivity contribution in [3.05, 3.63) is 112 Å². The molecule has 12 heterocycles. The summed E-state index contributed by atoms with van der Waals surface area (Å²) in [5.74, 6) is -0.329. The number of nitrogens with zero attached hydrogens (tertiary/aromatic N) is 11. The van der Waals surface area contributed by atoms with Crippen molar-refractivity contribution < 1.29 is 105 Å². The molecule has 0 spiro atoms. The number of aliphatic hydroxyl groups excluding tert-OH is 2. The van der Waals surface area contributed by atoms with Gasteiger partial charge in [0.1, 0.15) is 40.8 Å². The van der Waals surface area contributed by atoms with Crippen LogP contribution in [0.2, 0.25) is 0 Å². The summed E-state index contributed by atoms with van der Waals surface area (Å²) in [5.41, 5.74) is 7.98. The number of pyridine rings is 5. The third-order valence-electron chi connectivity index (χ3n) is 16.5. The van der Waals surface area contributed by atoms with Gasteiger partial charge in [-0.15, -0.1) is 0 Å². The molecule has 3 amide bonds. The van der Waals surface area contributed by atoms with E-state index in [9.17, 15) is 19.5 Å². The van der Waals surface area contributed by atoms with E-state index in [-0.39, 0.29) is 120 Å². The zero-order valence-electron chi connectivity index (χ0n) is 59.7. The van der Waals surface area contributed by atoms with Crippen molar-refractivity contribution in [1.82, 2.24) is 54.6 Å². The fourth-order valence-corrected chi connectivity index (χ4v) is 12.0. The molecule has 4 aliphatic rings. The van der Waals surface area contributed by atoms with Crippen molar-refractivity contribution in [2.45, 2.75) is 156 Å². The van der Waals surface area contributed by atoms with Gasteiger partial charge in [-0.1, -0.05) is 39.8 Å². The minimum absolute atomic E-state index is 0. The summed E-state index contributed by atoms with van der Waals surface area (Å²) in [5, 5.41) is 66.6. The van der Waals surface area contributed by atoms with E-state index < -0.39 is 26.6 Å². The molecule has 8 N–H and O–H groups in total. The molecule has 4 saturated heterocycles. The van der Waals surface area contributed by atoms with E-state index in [0.29, 0.717) is 44.1 Å². The number of hydrogen-bond donors (Lipinski definition) is 8. The Hall–Kier alpha value is -3.60. The van der Waals surface area contributed by atoms with Crippen LogP contribution in [0.1, 0.15) is 125 Å². The molecule has 0 radical (unpaired) electrons. The van der Waals surface area contributed by atoms with Crippen molar-refractivity contribution in [2.24, 2.45) is 0 Å². The number of nitriles is 3. The number of aromatic amines is 3. The number of amides is 3. The fraction of sp³-hybridized carbons (Fsp3) is 0.448. The second kappa shape index (κ2) is 47.3. The quantitative estimate of drug-likeness (QED) is 0.0228. The second-order valence-electron chi connectivity index (χ2n) is 23.5. The average Bonchev–Trinajstić information content (AvgIpc) is 1.31. The number of aliphatic hydroxyl groups is 2. The Bertz CT molecular complexity index is 4110. The van der Waals surface area contributed by atoms with Gasteiger partial charge in [0.05, 0.1) is 75.6 Å². The van der Waals surface area contributed by atoms with Crippen molar-refractivity contribution in [3.8, 4) is 29.5 Å². The SMILES string of the molecule is CC.CC.CC1(C)OB(c2cnc3[nH]ccc3c2N[C@@H]2CCCN(C(=O)CC#N)C2)OC1(C)C.N#CCC(=O)N1CCC[C@@H](Nc2c(-c3cccc(CO)n3)cnc3[nH]ccc23)C1.N#CCC(=O)N1CCC[C@@H](Nc2c(Br)cnc3[nH]ccc23)C1.O=[P+]([O-])O[O-].OCc1cccc(Br)n1.[K+].[K][K]. The maximum atomic E-state index is 12.2. The van der Waals surface area contributed by atoms with E-state index in [1.165, 1.54) is 63.2 Å². The number of likely N-dealkylation sites (tertiary alicyclic amines) is 3. The molecular formula is C67H84BBr2K3N17O11P. The molecule has 35 heteroatoms. The van der Waals surface area contributed by atoms with Gasteiger partial charge in [-0.25, -0.2) is 24.6 Å². The summed E-state index contributed by atoms with van der Waals surface area (Å²) in [6, 6.07) is 23.0. The van der Waals surface area contributed by atoms with Crippen LogP contribution in [0.15, 0.2) is 101 Å². The molecule has 102 heavy (non-hydrogen) atoms. The van der Waals surface area contributed by atoms with Gasteiger partial charge in [-0.2, -0.15) is 15.8 Å². The van der Waals surface area contributed by atoms with Gasteiger partial charge in [0.25, 0.3) is 0 Å². The number of nitrogens with one attached hydrogen (secondary N) is 6. The Labute approximate surface area is 700 Å².